The Hall–Kier alpha value is -2.91. The fourth-order valence-electron chi connectivity index (χ4n) is 5.35. The molecule has 0 bridgehead atoms. The number of benzene rings is 1. The molecule has 0 radical (unpaired) electrons. The molecule has 0 spiro atoms. The second-order valence-electron chi connectivity index (χ2n) is 9.83. The summed E-state index contributed by atoms with van der Waals surface area (Å²) in [4.78, 5) is 0. The van der Waals surface area contributed by atoms with E-state index in [4.69, 9.17) is 9.47 Å². The predicted molar refractivity (Wildman–Crippen MR) is 124 cm³/mol. The number of rotatable bonds is 7. The van der Waals surface area contributed by atoms with Crippen LogP contribution in [-0.4, -0.2) is 83.4 Å². The molecule has 3 aromatic rings. The number of aliphatic hydroxyl groups is 3. The zero-order valence-corrected chi connectivity index (χ0v) is 20.6. The summed E-state index contributed by atoms with van der Waals surface area (Å²) in [6.45, 7) is -0.389. The Kier molecular flexibility index (Phi) is 7.51. The van der Waals surface area contributed by atoms with Gasteiger partial charge in [-0.1, -0.05) is 29.7 Å². The average molecular weight is 539 g/mol. The largest absolute Gasteiger partial charge is 0.394 e. The first-order chi connectivity index (χ1) is 18.2. The van der Waals surface area contributed by atoms with Gasteiger partial charge in [-0.3, -0.25) is 0 Å². The van der Waals surface area contributed by atoms with E-state index in [1.54, 1.807) is 6.20 Å². The van der Waals surface area contributed by atoms with Gasteiger partial charge in [-0.05, 0) is 25.0 Å². The lowest BCUT2D eigenvalue weighted by Gasteiger charge is -2.43. The van der Waals surface area contributed by atoms with Gasteiger partial charge in [0.25, 0.3) is 0 Å². The molecule has 2 aromatic heterocycles. The van der Waals surface area contributed by atoms with Gasteiger partial charge < -0.3 is 24.8 Å². The molecule has 14 heteroatoms. The zero-order valence-electron chi connectivity index (χ0n) is 20.6. The zero-order chi connectivity index (χ0) is 27.0. The highest BCUT2D eigenvalue weighted by molar-refractivity contribution is 5.57. The number of aromatic nitrogens is 6. The monoisotopic (exact) mass is 538 g/mol. The van der Waals surface area contributed by atoms with Crippen LogP contribution in [0, 0.1) is 17.5 Å². The van der Waals surface area contributed by atoms with Crippen molar-refractivity contribution >= 4 is 0 Å². The molecule has 3 N–H and O–H groups in total. The van der Waals surface area contributed by atoms with Crippen LogP contribution >= 0.6 is 0 Å². The van der Waals surface area contributed by atoms with E-state index in [2.05, 4.69) is 20.6 Å². The molecule has 5 rings (SSSR count). The lowest BCUT2D eigenvalue weighted by Crippen LogP contribution is -2.57. The third-order valence-corrected chi connectivity index (χ3v) is 7.39. The third-order valence-electron chi connectivity index (χ3n) is 7.39. The van der Waals surface area contributed by atoms with Gasteiger partial charge in [0.15, 0.2) is 17.5 Å². The molecule has 3 heterocycles. The first kappa shape index (κ1) is 26.7. The van der Waals surface area contributed by atoms with Gasteiger partial charge in [0.1, 0.15) is 47.4 Å². The van der Waals surface area contributed by atoms with Crippen molar-refractivity contribution in [2.24, 2.45) is 0 Å². The van der Waals surface area contributed by atoms with Crippen LogP contribution in [-0.2, 0) is 21.6 Å². The van der Waals surface area contributed by atoms with Crippen molar-refractivity contribution in [2.75, 3.05) is 13.7 Å². The molecule has 0 unspecified atom stereocenters. The highest BCUT2D eigenvalue weighted by Crippen LogP contribution is 2.37. The van der Waals surface area contributed by atoms with Gasteiger partial charge in [0.2, 0.25) is 0 Å². The highest BCUT2D eigenvalue weighted by atomic mass is 19.2. The number of ether oxygens (including phenoxy) is 2. The maximum absolute atomic E-state index is 13.8. The highest BCUT2D eigenvalue weighted by Gasteiger charge is 2.47. The van der Waals surface area contributed by atoms with Crippen molar-refractivity contribution in [3.05, 3.63) is 47.7 Å². The Labute approximate surface area is 215 Å². The molecule has 11 nitrogen and oxygen atoms in total. The van der Waals surface area contributed by atoms with E-state index < -0.39 is 60.1 Å². The average Bonchev–Trinajstić information content (AvgIpc) is 3.58. The molecule has 38 heavy (non-hydrogen) atoms. The van der Waals surface area contributed by atoms with Crippen LogP contribution in [0.4, 0.5) is 13.2 Å². The maximum Gasteiger partial charge on any atom is 0.194 e. The van der Waals surface area contributed by atoms with Gasteiger partial charge >= 0.3 is 0 Å². The molecule has 206 valence electrons. The minimum atomic E-state index is -1.60. The van der Waals surface area contributed by atoms with Gasteiger partial charge in [0, 0.05) is 12.7 Å². The second-order valence-corrected chi connectivity index (χ2v) is 9.83. The third kappa shape index (κ3) is 4.94. The van der Waals surface area contributed by atoms with Gasteiger partial charge in [-0.25, -0.2) is 22.5 Å². The maximum atomic E-state index is 13.8. The van der Waals surface area contributed by atoms with Crippen LogP contribution in [0.15, 0.2) is 24.5 Å². The molecule has 1 saturated heterocycles. The van der Waals surface area contributed by atoms with E-state index in [0.717, 1.165) is 31.4 Å². The van der Waals surface area contributed by atoms with Crippen LogP contribution in [0.1, 0.15) is 43.8 Å². The molecule has 1 saturated carbocycles. The smallest absolute Gasteiger partial charge is 0.194 e. The van der Waals surface area contributed by atoms with Crippen molar-refractivity contribution in [1.82, 2.24) is 30.0 Å². The molecule has 1 aliphatic heterocycles. The second kappa shape index (κ2) is 10.7. The Balaban J connectivity index is 1.41. The van der Waals surface area contributed by atoms with E-state index in [9.17, 15) is 28.5 Å². The Morgan fingerprint density at radius 3 is 2.42 bits per heavy atom. The minimum Gasteiger partial charge on any atom is -0.394 e. The molecular weight excluding hydrogens is 509 g/mol. The summed E-state index contributed by atoms with van der Waals surface area (Å²) in [6.07, 6.45) is 3.18. The van der Waals surface area contributed by atoms with E-state index in [1.165, 1.54) is 22.7 Å². The Bertz CT molecular complexity index is 1240. The first-order valence-electron chi connectivity index (χ1n) is 12.4. The van der Waals surface area contributed by atoms with Crippen molar-refractivity contribution < 1.29 is 38.0 Å². The summed E-state index contributed by atoms with van der Waals surface area (Å²) < 4.78 is 55.3. The summed E-state index contributed by atoms with van der Waals surface area (Å²) >= 11 is 0. The summed E-state index contributed by atoms with van der Waals surface area (Å²) in [5.74, 6) is -4.34. The molecule has 0 amide bonds. The molecular formula is C24H29F3N6O5. The lowest BCUT2D eigenvalue weighted by atomic mass is 9.83. The van der Waals surface area contributed by atoms with Crippen LogP contribution in [0.3, 0.4) is 0 Å². The number of aliphatic hydroxyl groups excluding tert-OH is 2. The van der Waals surface area contributed by atoms with Crippen LogP contribution in [0.5, 0.6) is 0 Å². The summed E-state index contributed by atoms with van der Waals surface area (Å²) in [5.41, 5.74) is -0.575. The van der Waals surface area contributed by atoms with E-state index in [1.807, 2.05) is 0 Å². The number of halogens is 3. The Morgan fingerprint density at radius 2 is 1.76 bits per heavy atom. The number of hydrogen-bond acceptors (Lipinski definition) is 9. The summed E-state index contributed by atoms with van der Waals surface area (Å²) in [5, 5.41) is 48.1. The number of hydrogen-bond donors (Lipinski definition) is 3. The van der Waals surface area contributed by atoms with Crippen molar-refractivity contribution in [3.63, 3.8) is 0 Å². The summed E-state index contributed by atoms with van der Waals surface area (Å²) in [6, 6.07) is 0.670. The molecule has 5 atom stereocenters. The van der Waals surface area contributed by atoms with Crippen LogP contribution in [0.25, 0.3) is 11.3 Å². The van der Waals surface area contributed by atoms with E-state index >= 15 is 0 Å². The minimum absolute atomic E-state index is 0.0371. The Morgan fingerprint density at radius 1 is 1.05 bits per heavy atom. The van der Waals surface area contributed by atoms with E-state index in [-0.39, 0.29) is 17.8 Å². The quantitative estimate of drug-likeness (QED) is 0.382. The first-order valence-corrected chi connectivity index (χ1v) is 12.4. The SMILES string of the molecule is CO[C@@H]1[C@@H](n2cc(-c3cc(F)c(F)c(F)c3)nn2)[C@@H](O)[C@@H](CO)O[C@@H]1Cn1cc(C2(O)CCCCC2)nn1. The predicted octanol–water partition coefficient (Wildman–Crippen LogP) is 1.48. The van der Waals surface area contributed by atoms with Crippen molar-refractivity contribution in [3.8, 4) is 11.3 Å². The standard InChI is InChI=1S/C24H29F3N6O5/c1-37-23-17(10-32-11-19(29-30-32)24(36)5-3-2-4-6-24)38-18(12-34)22(35)21(23)33-9-16(28-31-33)13-7-14(25)20(27)15(26)8-13/h7-9,11,17-18,21-23,34-36H,2-6,10,12H2,1H3/t17-,18-,21+,22+,23+/m1/s1. The van der Waals surface area contributed by atoms with Crippen LogP contribution < -0.4 is 0 Å². The van der Waals surface area contributed by atoms with E-state index in [0.29, 0.717) is 18.5 Å². The lowest BCUT2D eigenvalue weighted by molar-refractivity contribution is -0.216. The van der Waals surface area contributed by atoms with Crippen molar-refractivity contribution in [2.45, 2.75) is 74.7 Å². The molecule has 2 aliphatic rings. The molecule has 1 aliphatic carbocycles. The van der Waals surface area contributed by atoms with Crippen molar-refractivity contribution in [1.29, 1.82) is 0 Å². The number of methoxy groups -OCH3 is 1. The summed E-state index contributed by atoms with van der Waals surface area (Å²) in [7, 11) is 1.42. The molecule has 1 aromatic carbocycles. The van der Waals surface area contributed by atoms with Gasteiger partial charge in [0.05, 0.1) is 25.5 Å². The fraction of sp³-hybridized carbons (Fsp3) is 0.583. The normalized spacial score (nSPS) is 27.5. The number of nitrogens with zero attached hydrogens (tertiary/aromatic N) is 6. The van der Waals surface area contributed by atoms with Crippen LogP contribution in [0.2, 0.25) is 0 Å². The fourth-order valence-corrected chi connectivity index (χ4v) is 5.35. The van der Waals surface area contributed by atoms with Gasteiger partial charge in [-0.2, -0.15) is 0 Å². The van der Waals surface area contributed by atoms with Gasteiger partial charge in [-0.15, -0.1) is 10.2 Å². The molecule has 2 fully saturated rings. The topological polar surface area (TPSA) is 141 Å².